The molecule has 0 spiro atoms. The van der Waals surface area contributed by atoms with Gasteiger partial charge < -0.3 is 4.57 Å². The molecule has 0 fully saturated rings. The second-order valence-electron chi connectivity index (χ2n) is 3.77. The van der Waals surface area contributed by atoms with Crippen molar-refractivity contribution >= 4 is 26.0 Å². The number of hydrogen-bond acceptors (Lipinski definition) is 3. The van der Waals surface area contributed by atoms with Crippen LogP contribution in [-0.2, 0) is 16.6 Å². The average Bonchev–Trinajstić information content (AvgIpc) is 2.85. The summed E-state index contributed by atoms with van der Waals surface area (Å²) >= 11 is 2.97. The number of imidazole rings is 1. The van der Waals surface area contributed by atoms with Crippen LogP contribution in [0.1, 0.15) is 0 Å². The van der Waals surface area contributed by atoms with Crippen LogP contribution in [0.15, 0.2) is 46.3 Å². The topological polar surface area (TPSA) is 64.0 Å². The molecule has 102 valence electrons. The molecule has 0 radical (unpaired) electrons. The quantitative estimate of drug-likeness (QED) is 0.896. The number of sulfonamides is 1. The lowest BCUT2D eigenvalue weighted by Gasteiger charge is -2.07. The molecule has 1 N–H and O–H groups in total. The fraction of sp³-hybridized carbons (Fsp3) is 0.182. The molecule has 0 aliphatic rings. The van der Waals surface area contributed by atoms with Gasteiger partial charge in [0.2, 0.25) is 10.0 Å². The number of aromatic nitrogens is 2. The van der Waals surface area contributed by atoms with Gasteiger partial charge in [0.15, 0.2) is 0 Å². The van der Waals surface area contributed by atoms with Crippen molar-refractivity contribution in [2.75, 3.05) is 6.54 Å². The van der Waals surface area contributed by atoms with E-state index in [2.05, 4.69) is 25.6 Å². The minimum Gasteiger partial charge on any atom is -0.336 e. The van der Waals surface area contributed by atoms with Crippen LogP contribution in [0.25, 0.3) is 0 Å². The van der Waals surface area contributed by atoms with Gasteiger partial charge in [0.1, 0.15) is 5.82 Å². The lowest BCUT2D eigenvalue weighted by atomic mass is 10.3. The maximum Gasteiger partial charge on any atom is 0.240 e. The van der Waals surface area contributed by atoms with Gasteiger partial charge in [0.05, 0.1) is 15.7 Å². The first-order valence-corrected chi connectivity index (χ1v) is 7.67. The van der Waals surface area contributed by atoms with E-state index in [1.165, 1.54) is 12.1 Å². The van der Waals surface area contributed by atoms with Crippen molar-refractivity contribution < 1.29 is 12.8 Å². The van der Waals surface area contributed by atoms with E-state index in [9.17, 15) is 12.8 Å². The Kier molecular flexibility index (Phi) is 4.33. The van der Waals surface area contributed by atoms with Crippen LogP contribution in [0.4, 0.5) is 4.39 Å². The van der Waals surface area contributed by atoms with Gasteiger partial charge in [0.25, 0.3) is 0 Å². The van der Waals surface area contributed by atoms with Gasteiger partial charge in [-0.15, -0.1) is 0 Å². The molecule has 0 saturated carbocycles. The molecule has 2 aromatic rings. The molecule has 19 heavy (non-hydrogen) atoms. The van der Waals surface area contributed by atoms with E-state index in [0.717, 1.165) is 6.07 Å². The molecule has 0 bridgehead atoms. The maximum atomic E-state index is 13.3. The van der Waals surface area contributed by atoms with Crippen molar-refractivity contribution in [3.63, 3.8) is 0 Å². The second kappa shape index (κ2) is 5.81. The van der Waals surface area contributed by atoms with Gasteiger partial charge in [-0.1, -0.05) is 0 Å². The molecule has 2 rings (SSSR count). The molecule has 8 heteroatoms. The Labute approximate surface area is 118 Å². The van der Waals surface area contributed by atoms with Crippen LogP contribution in [0, 0.1) is 5.82 Å². The zero-order valence-corrected chi connectivity index (χ0v) is 12.2. The third-order valence-electron chi connectivity index (χ3n) is 2.42. The number of halogens is 2. The Balaban J connectivity index is 2.03. The molecule has 0 aliphatic heterocycles. The predicted octanol–water partition coefficient (Wildman–Crippen LogP) is 1.76. The Hall–Kier alpha value is -1.25. The number of benzene rings is 1. The first kappa shape index (κ1) is 14.2. The molecule has 0 atom stereocenters. The SMILES string of the molecule is O=S(=O)(NCCn1ccnc1)c1ccc(Br)c(F)c1. The molecule has 0 aliphatic carbocycles. The fourth-order valence-corrected chi connectivity index (χ4v) is 2.73. The van der Waals surface area contributed by atoms with Crippen molar-refractivity contribution in [1.82, 2.24) is 14.3 Å². The number of nitrogens with zero attached hydrogens (tertiary/aromatic N) is 2. The average molecular weight is 348 g/mol. The largest absolute Gasteiger partial charge is 0.336 e. The van der Waals surface area contributed by atoms with Crippen LogP contribution in [0.3, 0.4) is 0 Å². The zero-order valence-electron chi connectivity index (χ0n) is 9.75. The van der Waals surface area contributed by atoms with E-state index < -0.39 is 15.8 Å². The Morgan fingerprint density at radius 1 is 1.42 bits per heavy atom. The fourth-order valence-electron chi connectivity index (χ4n) is 1.46. The highest BCUT2D eigenvalue weighted by atomic mass is 79.9. The van der Waals surface area contributed by atoms with Gasteiger partial charge in [-0.2, -0.15) is 0 Å². The molecular formula is C11H11BrFN3O2S. The highest BCUT2D eigenvalue weighted by molar-refractivity contribution is 9.10. The Morgan fingerprint density at radius 3 is 2.84 bits per heavy atom. The molecule has 0 unspecified atom stereocenters. The highest BCUT2D eigenvalue weighted by Crippen LogP contribution is 2.19. The van der Waals surface area contributed by atoms with E-state index in [4.69, 9.17) is 0 Å². The van der Waals surface area contributed by atoms with Crippen LogP contribution in [0.5, 0.6) is 0 Å². The smallest absolute Gasteiger partial charge is 0.240 e. The van der Waals surface area contributed by atoms with E-state index in [0.29, 0.717) is 6.54 Å². The van der Waals surface area contributed by atoms with E-state index >= 15 is 0 Å². The summed E-state index contributed by atoms with van der Waals surface area (Å²) in [5, 5.41) is 0. The molecule has 1 heterocycles. The summed E-state index contributed by atoms with van der Waals surface area (Å²) in [6, 6.07) is 3.68. The number of hydrogen-bond donors (Lipinski definition) is 1. The summed E-state index contributed by atoms with van der Waals surface area (Å²) in [4.78, 5) is 3.75. The minimum atomic E-state index is -3.70. The first-order chi connectivity index (χ1) is 8.99. The number of nitrogens with one attached hydrogen (secondary N) is 1. The number of rotatable bonds is 5. The van der Waals surface area contributed by atoms with E-state index in [-0.39, 0.29) is 15.9 Å². The minimum absolute atomic E-state index is 0.0983. The van der Waals surface area contributed by atoms with Crippen molar-refractivity contribution in [3.05, 3.63) is 47.2 Å². The molecule has 0 saturated heterocycles. The highest BCUT2D eigenvalue weighted by Gasteiger charge is 2.15. The summed E-state index contributed by atoms with van der Waals surface area (Å²) in [6.45, 7) is 0.661. The lowest BCUT2D eigenvalue weighted by molar-refractivity contribution is 0.569. The maximum absolute atomic E-state index is 13.3. The van der Waals surface area contributed by atoms with Crippen molar-refractivity contribution in [1.29, 1.82) is 0 Å². The van der Waals surface area contributed by atoms with Gasteiger partial charge in [-0.05, 0) is 34.1 Å². The second-order valence-corrected chi connectivity index (χ2v) is 6.40. The van der Waals surface area contributed by atoms with Crippen molar-refractivity contribution in [3.8, 4) is 0 Å². The molecule has 5 nitrogen and oxygen atoms in total. The first-order valence-electron chi connectivity index (χ1n) is 5.39. The van der Waals surface area contributed by atoms with Gasteiger partial charge in [0, 0.05) is 25.5 Å². The van der Waals surface area contributed by atoms with E-state index in [1.54, 1.807) is 23.3 Å². The van der Waals surface area contributed by atoms with Gasteiger partial charge in [-0.3, -0.25) is 0 Å². The zero-order chi connectivity index (χ0) is 13.9. The third-order valence-corrected chi connectivity index (χ3v) is 4.52. The monoisotopic (exact) mass is 347 g/mol. The standard InChI is InChI=1S/C11H11BrFN3O2S/c12-10-2-1-9(7-11(10)13)19(17,18)15-4-6-16-5-3-14-8-16/h1-3,5,7-8,15H,4,6H2. The van der Waals surface area contributed by atoms with Crippen LogP contribution < -0.4 is 4.72 Å². The summed E-state index contributed by atoms with van der Waals surface area (Å²) in [5.41, 5.74) is 0. The van der Waals surface area contributed by atoms with Crippen molar-refractivity contribution in [2.24, 2.45) is 0 Å². The predicted molar refractivity (Wildman–Crippen MR) is 71.5 cm³/mol. The van der Waals surface area contributed by atoms with Crippen molar-refractivity contribution in [2.45, 2.75) is 11.4 Å². The molecule has 1 aromatic heterocycles. The molecular weight excluding hydrogens is 337 g/mol. The van der Waals surface area contributed by atoms with Gasteiger partial charge >= 0.3 is 0 Å². The van der Waals surface area contributed by atoms with E-state index in [1.807, 2.05) is 0 Å². The third kappa shape index (κ3) is 3.62. The summed E-state index contributed by atoms with van der Waals surface area (Å²) in [7, 11) is -3.70. The van der Waals surface area contributed by atoms with Crippen LogP contribution in [-0.4, -0.2) is 24.5 Å². The molecule has 0 amide bonds. The van der Waals surface area contributed by atoms with Gasteiger partial charge in [-0.25, -0.2) is 22.5 Å². The summed E-state index contributed by atoms with van der Waals surface area (Å²) in [6.07, 6.45) is 4.93. The normalized spacial score (nSPS) is 11.7. The molecule has 1 aromatic carbocycles. The van der Waals surface area contributed by atoms with Crippen LogP contribution in [0.2, 0.25) is 0 Å². The summed E-state index contributed by atoms with van der Waals surface area (Å²) < 4.78 is 41.5. The Morgan fingerprint density at radius 2 is 2.21 bits per heavy atom. The van der Waals surface area contributed by atoms with Crippen LogP contribution >= 0.6 is 15.9 Å². The lowest BCUT2D eigenvalue weighted by Crippen LogP contribution is -2.27. The Bertz CT molecular complexity index is 659. The summed E-state index contributed by atoms with van der Waals surface area (Å²) in [5.74, 6) is -0.613.